The van der Waals surface area contributed by atoms with Crippen molar-refractivity contribution in [3.05, 3.63) is 88.2 Å². The molecule has 2 aromatic carbocycles. The molecule has 1 atom stereocenters. The van der Waals surface area contributed by atoms with E-state index in [-0.39, 0.29) is 22.8 Å². The van der Waals surface area contributed by atoms with Crippen LogP contribution in [0.3, 0.4) is 0 Å². The molecule has 0 saturated carbocycles. The Balaban J connectivity index is 1.87. The van der Waals surface area contributed by atoms with E-state index in [4.69, 9.17) is 5.10 Å². The number of benzene rings is 2. The van der Waals surface area contributed by atoms with Crippen molar-refractivity contribution in [2.45, 2.75) is 33.4 Å². The van der Waals surface area contributed by atoms with Crippen LogP contribution in [0.4, 0.5) is 8.78 Å². The predicted molar refractivity (Wildman–Crippen MR) is 128 cm³/mol. The first kappa shape index (κ1) is 22.7. The Morgan fingerprint density at radius 3 is 2.11 bits per heavy atom. The maximum atomic E-state index is 13.8. The van der Waals surface area contributed by atoms with Crippen molar-refractivity contribution in [3.63, 3.8) is 0 Å². The summed E-state index contributed by atoms with van der Waals surface area (Å²) < 4.78 is 31.1. The van der Waals surface area contributed by atoms with E-state index in [1.165, 1.54) is 36.5 Å². The maximum Gasteiger partial charge on any atom is 0.341 e. The molecule has 1 N–H and O–H groups in total. The summed E-state index contributed by atoms with van der Waals surface area (Å²) in [4.78, 5) is 24.5. The first-order chi connectivity index (χ1) is 16.5. The van der Waals surface area contributed by atoms with Crippen LogP contribution in [0.2, 0.25) is 0 Å². The Kier molecular flexibility index (Phi) is 5.20. The van der Waals surface area contributed by atoms with E-state index in [1.807, 2.05) is 30.0 Å². The van der Waals surface area contributed by atoms with Gasteiger partial charge in [-0.05, 0) is 47.4 Å². The number of aromatic nitrogens is 3. The van der Waals surface area contributed by atoms with E-state index in [2.05, 4.69) is 0 Å². The Bertz CT molecular complexity index is 1510. The molecule has 0 radical (unpaired) electrons. The van der Waals surface area contributed by atoms with Gasteiger partial charge in [0.05, 0.1) is 24.0 Å². The molecule has 0 bridgehead atoms. The van der Waals surface area contributed by atoms with Gasteiger partial charge in [-0.2, -0.15) is 5.10 Å². The summed E-state index contributed by atoms with van der Waals surface area (Å²) >= 11 is 0. The van der Waals surface area contributed by atoms with Crippen molar-refractivity contribution in [1.29, 1.82) is 0 Å². The van der Waals surface area contributed by atoms with Gasteiger partial charge in [0.15, 0.2) is 5.43 Å². The monoisotopic (exact) mass is 475 g/mol. The summed E-state index contributed by atoms with van der Waals surface area (Å²) in [6, 6.07) is 13.0. The number of hydrogen-bond acceptors (Lipinski definition) is 3. The van der Waals surface area contributed by atoms with Crippen LogP contribution in [0, 0.1) is 17.0 Å². The molecule has 2 aromatic heterocycles. The average molecular weight is 475 g/mol. The first-order valence-electron chi connectivity index (χ1n) is 11.2. The molecule has 3 heterocycles. The van der Waals surface area contributed by atoms with E-state index in [0.717, 1.165) is 0 Å². The topological polar surface area (TPSA) is 77.1 Å². The number of nitrogens with zero attached hydrogens (tertiary/aromatic N) is 3. The number of carboxylic acid groups (broad SMARTS) is 1. The number of halogens is 2. The highest BCUT2D eigenvalue weighted by molar-refractivity contribution is 5.92. The highest BCUT2D eigenvalue weighted by Crippen LogP contribution is 2.46. The Hall–Kier alpha value is -4.07. The van der Waals surface area contributed by atoms with Gasteiger partial charge in [0.1, 0.15) is 22.9 Å². The van der Waals surface area contributed by atoms with Crippen molar-refractivity contribution in [2.24, 2.45) is 5.41 Å². The third kappa shape index (κ3) is 3.84. The minimum absolute atomic E-state index is 0.203. The third-order valence-corrected chi connectivity index (χ3v) is 6.44. The van der Waals surface area contributed by atoms with Gasteiger partial charge in [-0.1, -0.05) is 32.9 Å². The number of rotatable bonds is 3. The fraction of sp³-hybridized carbons (Fsp3) is 0.222. The fourth-order valence-corrected chi connectivity index (χ4v) is 4.65. The summed E-state index contributed by atoms with van der Waals surface area (Å²) in [7, 11) is 0. The lowest BCUT2D eigenvalue weighted by Gasteiger charge is -2.38. The van der Waals surface area contributed by atoms with Crippen LogP contribution in [-0.2, 0) is 6.54 Å². The highest BCUT2D eigenvalue weighted by atomic mass is 19.1. The number of carbonyl (C=O) groups is 1. The summed E-state index contributed by atoms with van der Waals surface area (Å²) in [5, 5.41) is 14.5. The molecule has 35 heavy (non-hydrogen) atoms. The molecule has 0 amide bonds. The number of aromatic carboxylic acids is 1. The lowest BCUT2D eigenvalue weighted by atomic mass is 9.84. The molecule has 5 rings (SSSR count). The van der Waals surface area contributed by atoms with E-state index in [0.29, 0.717) is 40.3 Å². The molecular formula is C27H23F2N3O3. The molecule has 8 heteroatoms. The van der Waals surface area contributed by atoms with Crippen molar-refractivity contribution in [3.8, 4) is 33.8 Å². The Morgan fingerprint density at radius 1 is 1.00 bits per heavy atom. The van der Waals surface area contributed by atoms with Crippen molar-refractivity contribution >= 4 is 5.97 Å². The number of pyridine rings is 1. The number of hydrogen-bond donors (Lipinski definition) is 1. The minimum Gasteiger partial charge on any atom is -0.477 e. The summed E-state index contributed by atoms with van der Waals surface area (Å²) in [5.41, 5.74) is 2.46. The van der Waals surface area contributed by atoms with Crippen LogP contribution in [0.15, 0.2) is 65.6 Å². The molecule has 0 fully saturated rings. The second kappa shape index (κ2) is 8.01. The molecule has 4 aromatic rings. The number of carboxylic acids is 1. The normalized spacial score (nSPS) is 14.9. The van der Waals surface area contributed by atoms with E-state index < -0.39 is 17.2 Å². The highest BCUT2D eigenvalue weighted by Gasteiger charge is 2.36. The lowest BCUT2D eigenvalue weighted by Crippen LogP contribution is -2.35. The average Bonchev–Trinajstić information content (AvgIpc) is 3.18. The van der Waals surface area contributed by atoms with Gasteiger partial charge < -0.3 is 9.67 Å². The number of fused-ring (bicyclic) bond motifs is 3. The Morgan fingerprint density at radius 2 is 1.57 bits per heavy atom. The molecule has 6 nitrogen and oxygen atoms in total. The Labute approximate surface area is 200 Å². The first-order valence-corrected chi connectivity index (χ1v) is 11.2. The third-order valence-electron chi connectivity index (χ3n) is 6.44. The molecule has 0 spiro atoms. The van der Waals surface area contributed by atoms with Gasteiger partial charge in [-0.15, -0.1) is 0 Å². The van der Waals surface area contributed by atoms with E-state index >= 15 is 0 Å². The molecule has 178 valence electrons. The lowest BCUT2D eigenvalue weighted by molar-refractivity contribution is 0.0693. The van der Waals surface area contributed by atoms with Crippen LogP contribution in [0.1, 0.15) is 37.2 Å². The quantitative estimate of drug-likeness (QED) is 0.417. The van der Waals surface area contributed by atoms with Gasteiger partial charge in [0.25, 0.3) is 0 Å². The second-order valence-corrected chi connectivity index (χ2v) is 9.80. The smallest absolute Gasteiger partial charge is 0.341 e. The second-order valence-electron chi connectivity index (χ2n) is 9.80. The zero-order valence-corrected chi connectivity index (χ0v) is 19.4. The van der Waals surface area contributed by atoms with E-state index in [1.54, 1.807) is 24.3 Å². The molecular weight excluding hydrogens is 452 g/mol. The minimum atomic E-state index is -1.29. The van der Waals surface area contributed by atoms with Gasteiger partial charge in [0.2, 0.25) is 0 Å². The van der Waals surface area contributed by atoms with Crippen LogP contribution < -0.4 is 5.43 Å². The molecule has 1 aliphatic heterocycles. The predicted octanol–water partition coefficient (Wildman–Crippen LogP) is 5.62. The van der Waals surface area contributed by atoms with Crippen LogP contribution >= 0.6 is 0 Å². The summed E-state index contributed by atoms with van der Waals surface area (Å²) in [6.45, 7) is 6.53. The van der Waals surface area contributed by atoms with Gasteiger partial charge in [0, 0.05) is 23.4 Å². The standard InChI is InChI=1S/C27H23F2N3O3/c1-27(2,3)22-14-32-25(20-12-21(33)19(26(34)35)13-31(20)22)23(15-4-8-17(28)9-5-15)24(30-32)16-6-10-18(29)11-7-16/h4-13,22H,14H2,1-3H3,(H,34,35)/t22-/m0/s1. The molecule has 0 unspecified atom stereocenters. The van der Waals surface area contributed by atoms with Crippen molar-refractivity contribution in [2.75, 3.05) is 0 Å². The van der Waals surface area contributed by atoms with Gasteiger partial charge >= 0.3 is 5.97 Å². The van der Waals surface area contributed by atoms with Crippen molar-refractivity contribution < 1.29 is 18.7 Å². The van der Waals surface area contributed by atoms with Crippen LogP contribution in [0.25, 0.3) is 33.8 Å². The fourth-order valence-electron chi connectivity index (χ4n) is 4.65. The van der Waals surface area contributed by atoms with Gasteiger partial charge in [-0.3, -0.25) is 9.48 Å². The zero-order valence-electron chi connectivity index (χ0n) is 19.4. The molecule has 0 aliphatic carbocycles. The van der Waals surface area contributed by atoms with Crippen LogP contribution in [0.5, 0.6) is 0 Å². The summed E-state index contributed by atoms with van der Waals surface area (Å²) in [5.74, 6) is -2.07. The van der Waals surface area contributed by atoms with Crippen LogP contribution in [-0.4, -0.2) is 25.4 Å². The largest absolute Gasteiger partial charge is 0.477 e. The molecule has 0 saturated heterocycles. The molecule has 1 aliphatic rings. The SMILES string of the molecule is CC(C)(C)[C@@H]1Cn2nc(-c3ccc(F)cc3)c(-c3ccc(F)cc3)c2-c2cc(=O)c(C(=O)O)cn21. The van der Waals surface area contributed by atoms with Gasteiger partial charge in [-0.25, -0.2) is 13.6 Å². The zero-order chi connectivity index (χ0) is 25.1. The van der Waals surface area contributed by atoms with E-state index in [9.17, 15) is 23.5 Å². The maximum absolute atomic E-state index is 13.8. The summed E-state index contributed by atoms with van der Waals surface area (Å²) in [6.07, 6.45) is 1.40. The van der Waals surface area contributed by atoms with Crippen molar-refractivity contribution in [1.82, 2.24) is 14.3 Å².